The Kier molecular flexibility index (Phi) is 5.65. The van der Waals surface area contributed by atoms with Crippen molar-refractivity contribution in [3.63, 3.8) is 0 Å². The van der Waals surface area contributed by atoms with Crippen molar-refractivity contribution in [1.82, 2.24) is 15.0 Å². The molecule has 26 heavy (non-hydrogen) atoms. The van der Waals surface area contributed by atoms with Gasteiger partial charge in [0, 0.05) is 10.5 Å². The van der Waals surface area contributed by atoms with Gasteiger partial charge in [-0.3, -0.25) is 4.79 Å². The minimum Gasteiger partial charge on any atom is -0.386 e. The van der Waals surface area contributed by atoms with Gasteiger partial charge in [-0.25, -0.2) is 9.07 Å². The van der Waals surface area contributed by atoms with Crippen LogP contribution < -0.4 is 5.32 Å². The molecule has 0 fully saturated rings. The number of para-hydroxylation sites is 1. The van der Waals surface area contributed by atoms with Crippen LogP contribution in [0.15, 0.2) is 59.6 Å². The number of aliphatic hydroxyl groups excluding tert-OH is 1. The highest BCUT2D eigenvalue weighted by molar-refractivity contribution is 7.98. The van der Waals surface area contributed by atoms with Crippen LogP contribution in [0.1, 0.15) is 22.2 Å². The molecule has 1 unspecified atom stereocenters. The standard InChI is InChI=1S/C18H17FN4O2S/c1-26-17-9-5-4-8-14(17)20-18(25)15-10-23(22-21-15)11-16(24)12-6-2-3-7-13(12)19/h2-10,16,24H,11H2,1H3,(H,20,25). The summed E-state index contributed by atoms with van der Waals surface area (Å²) >= 11 is 1.52. The highest BCUT2D eigenvalue weighted by atomic mass is 32.2. The lowest BCUT2D eigenvalue weighted by atomic mass is 10.1. The van der Waals surface area contributed by atoms with Crippen LogP contribution in [0.2, 0.25) is 0 Å². The topological polar surface area (TPSA) is 80.0 Å². The molecule has 0 radical (unpaired) electrons. The molecule has 0 bridgehead atoms. The van der Waals surface area contributed by atoms with Crippen molar-refractivity contribution in [2.24, 2.45) is 0 Å². The van der Waals surface area contributed by atoms with Gasteiger partial charge in [-0.15, -0.1) is 16.9 Å². The average molecular weight is 372 g/mol. The number of thioether (sulfide) groups is 1. The van der Waals surface area contributed by atoms with Gasteiger partial charge < -0.3 is 10.4 Å². The Hall–Kier alpha value is -2.71. The second-order valence-corrected chi connectivity index (χ2v) is 6.37. The fourth-order valence-electron chi connectivity index (χ4n) is 2.45. The molecule has 1 atom stereocenters. The summed E-state index contributed by atoms with van der Waals surface area (Å²) in [4.78, 5) is 13.3. The number of anilines is 1. The summed E-state index contributed by atoms with van der Waals surface area (Å²) in [5, 5.41) is 20.6. The van der Waals surface area contributed by atoms with Gasteiger partial charge in [0.25, 0.3) is 5.91 Å². The lowest BCUT2D eigenvalue weighted by molar-refractivity contribution is 0.102. The number of carbonyl (C=O) groups excluding carboxylic acids is 1. The molecule has 8 heteroatoms. The molecule has 1 aromatic heterocycles. The van der Waals surface area contributed by atoms with Crippen LogP contribution >= 0.6 is 11.8 Å². The number of hydrogen-bond donors (Lipinski definition) is 2. The largest absolute Gasteiger partial charge is 0.386 e. The normalized spacial score (nSPS) is 12.0. The van der Waals surface area contributed by atoms with Crippen LogP contribution in [0.4, 0.5) is 10.1 Å². The van der Waals surface area contributed by atoms with Crippen LogP contribution in [0.5, 0.6) is 0 Å². The molecule has 6 nitrogen and oxygen atoms in total. The van der Waals surface area contributed by atoms with Gasteiger partial charge >= 0.3 is 0 Å². The second-order valence-electron chi connectivity index (χ2n) is 5.52. The van der Waals surface area contributed by atoms with Gasteiger partial charge in [-0.1, -0.05) is 35.5 Å². The number of aromatic nitrogens is 3. The van der Waals surface area contributed by atoms with Crippen molar-refractivity contribution in [2.75, 3.05) is 11.6 Å². The van der Waals surface area contributed by atoms with Crippen molar-refractivity contribution >= 4 is 23.4 Å². The Morgan fingerprint density at radius 1 is 1.27 bits per heavy atom. The zero-order valence-electron chi connectivity index (χ0n) is 14.0. The Balaban J connectivity index is 1.69. The van der Waals surface area contributed by atoms with Gasteiger partial charge in [0.05, 0.1) is 18.4 Å². The summed E-state index contributed by atoms with van der Waals surface area (Å²) in [6.45, 7) is -0.0113. The molecule has 0 aliphatic rings. The number of halogens is 1. The molecule has 0 spiro atoms. The molecule has 0 aliphatic heterocycles. The minimum absolute atomic E-state index is 0.0113. The van der Waals surface area contributed by atoms with E-state index in [9.17, 15) is 14.3 Å². The first kappa shape index (κ1) is 18.1. The molecule has 1 amide bonds. The van der Waals surface area contributed by atoms with E-state index in [1.54, 1.807) is 18.2 Å². The molecule has 134 valence electrons. The van der Waals surface area contributed by atoms with E-state index in [1.807, 2.05) is 24.5 Å². The van der Waals surface area contributed by atoms with E-state index in [2.05, 4.69) is 15.6 Å². The SMILES string of the molecule is CSc1ccccc1NC(=O)c1cn(CC(O)c2ccccc2F)nn1. The summed E-state index contributed by atoms with van der Waals surface area (Å²) in [6.07, 6.45) is 2.25. The quantitative estimate of drug-likeness (QED) is 0.650. The molecule has 3 aromatic rings. The van der Waals surface area contributed by atoms with E-state index in [0.29, 0.717) is 5.69 Å². The maximum atomic E-state index is 13.7. The monoisotopic (exact) mass is 372 g/mol. The van der Waals surface area contributed by atoms with Gasteiger partial charge in [0.15, 0.2) is 5.69 Å². The Bertz CT molecular complexity index is 915. The molecule has 2 aromatic carbocycles. The fourth-order valence-corrected chi connectivity index (χ4v) is 3.00. The first-order chi connectivity index (χ1) is 12.6. The van der Waals surface area contributed by atoms with Crippen LogP contribution in [0.25, 0.3) is 0 Å². The first-order valence-electron chi connectivity index (χ1n) is 7.85. The fraction of sp³-hybridized carbons (Fsp3) is 0.167. The predicted octanol–water partition coefficient (Wildman–Crippen LogP) is 3.13. The molecular weight excluding hydrogens is 355 g/mol. The second kappa shape index (κ2) is 8.11. The van der Waals surface area contributed by atoms with E-state index in [0.717, 1.165) is 4.90 Å². The molecule has 2 N–H and O–H groups in total. The van der Waals surface area contributed by atoms with E-state index >= 15 is 0 Å². The molecule has 1 heterocycles. The van der Waals surface area contributed by atoms with Crippen LogP contribution in [0.3, 0.4) is 0 Å². The van der Waals surface area contributed by atoms with Gasteiger partial charge in [-0.2, -0.15) is 0 Å². The van der Waals surface area contributed by atoms with Crippen LogP contribution in [-0.4, -0.2) is 32.3 Å². The van der Waals surface area contributed by atoms with Crippen molar-refractivity contribution < 1.29 is 14.3 Å². The third-order valence-electron chi connectivity index (χ3n) is 3.75. The smallest absolute Gasteiger partial charge is 0.277 e. The van der Waals surface area contributed by atoms with E-state index in [4.69, 9.17) is 0 Å². The first-order valence-corrected chi connectivity index (χ1v) is 9.08. The third kappa shape index (κ3) is 4.09. The number of hydrogen-bond acceptors (Lipinski definition) is 5. The number of rotatable bonds is 6. The molecule has 0 aliphatic carbocycles. The van der Waals surface area contributed by atoms with Crippen molar-refractivity contribution in [1.29, 1.82) is 0 Å². The predicted molar refractivity (Wildman–Crippen MR) is 97.6 cm³/mol. The zero-order chi connectivity index (χ0) is 18.5. The Morgan fingerprint density at radius 2 is 2.00 bits per heavy atom. The highest BCUT2D eigenvalue weighted by Gasteiger charge is 2.16. The highest BCUT2D eigenvalue weighted by Crippen LogP contribution is 2.25. The van der Waals surface area contributed by atoms with Gasteiger partial charge in [0.1, 0.15) is 11.9 Å². The minimum atomic E-state index is -1.09. The number of amides is 1. The Labute approximate surface area is 154 Å². The number of nitrogens with one attached hydrogen (secondary N) is 1. The summed E-state index contributed by atoms with van der Waals surface area (Å²) in [5.74, 6) is -0.898. The zero-order valence-corrected chi connectivity index (χ0v) is 14.8. The maximum absolute atomic E-state index is 13.7. The molecule has 0 saturated carbocycles. The number of aliphatic hydroxyl groups is 1. The summed E-state index contributed by atoms with van der Waals surface area (Å²) in [7, 11) is 0. The van der Waals surface area contributed by atoms with Crippen molar-refractivity contribution in [3.05, 3.63) is 71.8 Å². The van der Waals surface area contributed by atoms with Crippen LogP contribution in [-0.2, 0) is 6.54 Å². The molecular formula is C18H17FN4O2S. The van der Waals surface area contributed by atoms with Gasteiger partial charge in [-0.05, 0) is 24.5 Å². The molecule has 3 rings (SSSR count). The summed E-state index contributed by atoms with van der Waals surface area (Å²) in [6, 6.07) is 13.4. The maximum Gasteiger partial charge on any atom is 0.277 e. The van der Waals surface area contributed by atoms with Crippen LogP contribution in [0, 0.1) is 5.82 Å². The molecule has 0 saturated heterocycles. The van der Waals surface area contributed by atoms with Gasteiger partial charge in [0.2, 0.25) is 0 Å². The van der Waals surface area contributed by atoms with E-state index in [1.165, 1.54) is 34.8 Å². The van der Waals surface area contributed by atoms with Crippen molar-refractivity contribution in [2.45, 2.75) is 17.5 Å². The van der Waals surface area contributed by atoms with Crippen molar-refractivity contribution in [3.8, 4) is 0 Å². The lowest BCUT2D eigenvalue weighted by Gasteiger charge is -2.11. The Morgan fingerprint density at radius 3 is 2.77 bits per heavy atom. The average Bonchev–Trinajstić information content (AvgIpc) is 3.11. The number of carbonyl (C=O) groups is 1. The van der Waals surface area contributed by atoms with E-state index < -0.39 is 17.8 Å². The number of nitrogens with zero attached hydrogens (tertiary/aromatic N) is 3. The third-order valence-corrected chi connectivity index (χ3v) is 4.55. The number of benzene rings is 2. The van der Waals surface area contributed by atoms with E-state index in [-0.39, 0.29) is 17.8 Å². The lowest BCUT2D eigenvalue weighted by Crippen LogP contribution is -2.13. The summed E-state index contributed by atoms with van der Waals surface area (Å²) in [5.41, 5.74) is 0.968. The summed E-state index contributed by atoms with van der Waals surface area (Å²) < 4.78 is 15.0.